The van der Waals surface area contributed by atoms with E-state index in [0.29, 0.717) is 20.6 Å². The lowest BCUT2D eigenvalue weighted by molar-refractivity contribution is 0.471. The van der Waals surface area contributed by atoms with Crippen LogP contribution in [0.3, 0.4) is 0 Å². The highest BCUT2D eigenvalue weighted by Crippen LogP contribution is 2.31. The summed E-state index contributed by atoms with van der Waals surface area (Å²) in [5.74, 6) is 0.664. The molecule has 0 unspecified atom stereocenters. The minimum atomic E-state index is 0.0967. The molecule has 0 aliphatic heterocycles. The number of aromatic hydroxyl groups is 1. The van der Waals surface area contributed by atoms with Gasteiger partial charge in [0.2, 0.25) is 4.77 Å². The van der Waals surface area contributed by atoms with Gasteiger partial charge in [0.05, 0.1) is 10.7 Å². The Hall–Kier alpha value is -1.29. The molecule has 0 atom stereocenters. The molecule has 2 N–H and O–H groups in total. The van der Waals surface area contributed by atoms with Gasteiger partial charge in [-0.3, -0.25) is 0 Å². The Bertz CT molecular complexity index is 997. The first-order valence-electron chi connectivity index (χ1n) is 6.62. The van der Waals surface area contributed by atoms with Crippen molar-refractivity contribution in [2.24, 2.45) is 5.10 Å². The Morgan fingerprint density at radius 2 is 1.92 bits per heavy atom. The highest BCUT2D eigenvalue weighted by Gasteiger charge is 2.11. The molecular formula is C15H9Br3N4OS. The molecule has 0 saturated carbocycles. The molecule has 0 amide bonds. The van der Waals surface area contributed by atoms with E-state index in [4.69, 9.17) is 12.2 Å². The van der Waals surface area contributed by atoms with Gasteiger partial charge in [-0.2, -0.15) is 14.9 Å². The van der Waals surface area contributed by atoms with E-state index in [9.17, 15) is 5.11 Å². The van der Waals surface area contributed by atoms with Crippen molar-refractivity contribution >= 4 is 66.2 Å². The molecule has 1 heterocycles. The summed E-state index contributed by atoms with van der Waals surface area (Å²) in [6, 6.07) is 11.2. The molecule has 9 heteroatoms. The first-order chi connectivity index (χ1) is 11.5. The highest BCUT2D eigenvalue weighted by molar-refractivity contribution is 9.11. The van der Waals surface area contributed by atoms with Crippen LogP contribution in [0.2, 0.25) is 0 Å². The fraction of sp³-hybridized carbons (Fsp3) is 0. The number of benzene rings is 2. The number of nitrogens with one attached hydrogen (secondary N) is 1. The van der Waals surface area contributed by atoms with E-state index in [-0.39, 0.29) is 5.75 Å². The molecule has 0 spiro atoms. The second-order valence-electron chi connectivity index (χ2n) is 4.71. The summed E-state index contributed by atoms with van der Waals surface area (Å²) in [5, 5.41) is 21.5. The van der Waals surface area contributed by atoms with Gasteiger partial charge >= 0.3 is 0 Å². The Labute approximate surface area is 167 Å². The van der Waals surface area contributed by atoms with Gasteiger partial charge in [-0.25, -0.2) is 5.10 Å². The fourth-order valence-electron chi connectivity index (χ4n) is 2.02. The molecule has 0 radical (unpaired) electrons. The van der Waals surface area contributed by atoms with Crippen molar-refractivity contribution in [2.75, 3.05) is 0 Å². The van der Waals surface area contributed by atoms with Crippen LogP contribution in [0.4, 0.5) is 0 Å². The number of hydrogen-bond acceptors (Lipinski definition) is 4. The number of H-pyrrole nitrogens is 1. The van der Waals surface area contributed by atoms with E-state index in [0.717, 1.165) is 14.5 Å². The van der Waals surface area contributed by atoms with Gasteiger partial charge in [-0.1, -0.05) is 44.0 Å². The lowest BCUT2D eigenvalue weighted by Crippen LogP contribution is -1.96. The SMILES string of the molecule is Oc1c(Br)cc(Br)cc1C=Nn1c(-c2ccccc2Br)n[nH]c1=S. The monoisotopic (exact) mass is 530 g/mol. The average molecular weight is 533 g/mol. The number of aromatic amines is 1. The maximum absolute atomic E-state index is 10.1. The third kappa shape index (κ3) is 3.53. The Morgan fingerprint density at radius 3 is 2.67 bits per heavy atom. The van der Waals surface area contributed by atoms with E-state index in [2.05, 4.69) is 63.1 Å². The molecule has 0 aliphatic carbocycles. The fourth-order valence-corrected chi connectivity index (χ4v) is 3.92. The quantitative estimate of drug-likeness (QED) is 0.346. The van der Waals surface area contributed by atoms with Crippen LogP contribution in [0.5, 0.6) is 5.75 Å². The zero-order valence-corrected chi connectivity index (χ0v) is 17.4. The van der Waals surface area contributed by atoms with Crippen LogP contribution in [0.25, 0.3) is 11.4 Å². The summed E-state index contributed by atoms with van der Waals surface area (Å²) in [4.78, 5) is 0. The summed E-state index contributed by atoms with van der Waals surface area (Å²) in [5.41, 5.74) is 1.39. The summed E-state index contributed by atoms with van der Waals surface area (Å²) in [7, 11) is 0. The summed E-state index contributed by atoms with van der Waals surface area (Å²) < 4.78 is 4.12. The van der Waals surface area contributed by atoms with Gasteiger partial charge in [0, 0.05) is 20.1 Å². The zero-order valence-electron chi connectivity index (χ0n) is 11.9. The van der Waals surface area contributed by atoms with Gasteiger partial charge in [0.15, 0.2) is 5.82 Å². The van der Waals surface area contributed by atoms with Crippen LogP contribution in [-0.2, 0) is 0 Å². The van der Waals surface area contributed by atoms with E-state index in [1.54, 1.807) is 12.1 Å². The maximum Gasteiger partial charge on any atom is 0.216 e. The third-order valence-corrected chi connectivity index (χ3v) is 5.15. The number of phenols is 1. The van der Waals surface area contributed by atoms with Gasteiger partial charge in [-0.05, 0) is 52.4 Å². The summed E-state index contributed by atoms with van der Waals surface area (Å²) >= 11 is 15.4. The molecule has 3 rings (SSSR count). The van der Waals surface area contributed by atoms with E-state index in [1.165, 1.54) is 10.9 Å². The van der Waals surface area contributed by atoms with Crippen LogP contribution in [0, 0.1) is 4.77 Å². The number of rotatable bonds is 3. The Kier molecular flexibility index (Phi) is 5.33. The molecule has 24 heavy (non-hydrogen) atoms. The van der Waals surface area contributed by atoms with Gasteiger partial charge < -0.3 is 5.11 Å². The molecule has 0 aliphatic rings. The predicted octanol–water partition coefficient (Wildman–Crippen LogP) is 5.48. The number of halogens is 3. The van der Waals surface area contributed by atoms with Crippen molar-refractivity contribution in [3.8, 4) is 17.1 Å². The topological polar surface area (TPSA) is 66.2 Å². The van der Waals surface area contributed by atoms with Gasteiger partial charge in [0.25, 0.3) is 0 Å². The van der Waals surface area contributed by atoms with Crippen molar-refractivity contribution < 1.29 is 5.11 Å². The first-order valence-corrected chi connectivity index (χ1v) is 9.41. The second kappa shape index (κ2) is 7.30. The maximum atomic E-state index is 10.1. The molecule has 3 aromatic rings. The second-order valence-corrected chi connectivity index (χ2v) is 7.73. The van der Waals surface area contributed by atoms with E-state index >= 15 is 0 Å². The first kappa shape index (κ1) is 17.5. The van der Waals surface area contributed by atoms with Gasteiger partial charge in [-0.15, -0.1) is 0 Å². The molecule has 1 aromatic heterocycles. The normalized spacial score (nSPS) is 11.3. The number of nitrogens with zero attached hydrogens (tertiary/aromatic N) is 3. The van der Waals surface area contributed by atoms with Crippen LogP contribution < -0.4 is 0 Å². The van der Waals surface area contributed by atoms with E-state index < -0.39 is 0 Å². The van der Waals surface area contributed by atoms with Crippen LogP contribution in [-0.4, -0.2) is 26.2 Å². The van der Waals surface area contributed by atoms with Crippen molar-refractivity contribution in [1.29, 1.82) is 0 Å². The number of aromatic nitrogens is 3. The minimum Gasteiger partial charge on any atom is -0.506 e. The summed E-state index contributed by atoms with van der Waals surface area (Å²) in [6.07, 6.45) is 1.52. The zero-order chi connectivity index (χ0) is 17.3. The molecule has 0 fully saturated rings. The van der Waals surface area contributed by atoms with Crippen molar-refractivity contribution in [2.45, 2.75) is 0 Å². The van der Waals surface area contributed by atoms with Gasteiger partial charge in [0.1, 0.15) is 5.75 Å². The molecule has 0 saturated heterocycles. The van der Waals surface area contributed by atoms with E-state index in [1.807, 2.05) is 24.3 Å². The van der Waals surface area contributed by atoms with Crippen molar-refractivity contribution in [3.05, 3.63) is 60.2 Å². The standard InChI is InChI=1S/C15H9Br3N4OS/c16-9-5-8(13(23)12(18)6-9)7-19-22-14(20-21-15(22)24)10-3-1-2-4-11(10)17/h1-7,23H,(H,21,24). The smallest absolute Gasteiger partial charge is 0.216 e. The lowest BCUT2D eigenvalue weighted by atomic mass is 10.2. The van der Waals surface area contributed by atoms with Crippen LogP contribution in [0.1, 0.15) is 5.56 Å². The van der Waals surface area contributed by atoms with Crippen molar-refractivity contribution in [1.82, 2.24) is 14.9 Å². The average Bonchev–Trinajstić information content (AvgIpc) is 2.90. The largest absolute Gasteiger partial charge is 0.506 e. The van der Waals surface area contributed by atoms with Crippen molar-refractivity contribution in [3.63, 3.8) is 0 Å². The lowest BCUT2D eigenvalue weighted by Gasteiger charge is -2.05. The predicted molar refractivity (Wildman–Crippen MR) is 107 cm³/mol. The van der Waals surface area contributed by atoms with Crippen LogP contribution in [0.15, 0.2) is 54.9 Å². The Balaban J connectivity index is 2.08. The number of phenolic OH excluding ortho intramolecular Hbond substituents is 1. The third-order valence-electron chi connectivity index (χ3n) is 3.14. The molecule has 0 bridgehead atoms. The highest BCUT2D eigenvalue weighted by atomic mass is 79.9. The molecule has 5 nitrogen and oxygen atoms in total. The van der Waals surface area contributed by atoms with Crippen LogP contribution >= 0.6 is 60.0 Å². The molecule has 2 aromatic carbocycles. The number of hydrogen-bond donors (Lipinski definition) is 2. The minimum absolute atomic E-state index is 0.0967. The molecular weight excluding hydrogens is 524 g/mol. The molecule has 122 valence electrons. The summed E-state index contributed by atoms with van der Waals surface area (Å²) in [6.45, 7) is 0. The Morgan fingerprint density at radius 1 is 1.17 bits per heavy atom.